The number of hydrogen-bond donors (Lipinski definition) is 1. The Morgan fingerprint density at radius 1 is 1.05 bits per heavy atom. The number of aryl methyl sites for hydroxylation is 2. The fraction of sp³-hybridized carbons (Fsp3) is 0.310. The van der Waals surface area contributed by atoms with E-state index < -0.39 is 0 Å². The number of pyridine rings is 1. The molecule has 0 aliphatic heterocycles. The molecule has 5 rings (SSSR count). The zero-order chi connectivity index (χ0) is 26.0. The monoisotopic (exact) mass is 512 g/mol. The first-order valence-electron chi connectivity index (χ1n) is 12.4. The summed E-state index contributed by atoms with van der Waals surface area (Å²) >= 11 is 1.86. The van der Waals surface area contributed by atoms with Gasteiger partial charge in [0.05, 0.1) is 11.6 Å². The third kappa shape index (κ3) is 5.69. The van der Waals surface area contributed by atoms with Gasteiger partial charge in [0.2, 0.25) is 0 Å². The van der Waals surface area contributed by atoms with Crippen LogP contribution in [0.15, 0.2) is 71.8 Å². The molecule has 0 spiro atoms. The Morgan fingerprint density at radius 3 is 2.54 bits per heavy atom. The molecule has 190 valence electrons. The van der Waals surface area contributed by atoms with Crippen molar-refractivity contribution in [2.45, 2.75) is 56.3 Å². The van der Waals surface area contributed by atoms with Crippen LogP contribution in [0.2, 0.25) is 0 Å². The Bertz CT molecular complexity index is 1470. The molecule has 3 aromatic heterocycles. The van der Waals surface area contributed by atoms with E-state index in [2.05, 4.69) is 100 Å². The Hall–Kier alpha value is -3.65. The van der Waals surface area contributed by atoms with Crippen molar-refractivity contribution in [2.24, 2.45) is 7.05 Å². The number of benzene rings is 2. The van der Waals surface area contributed by atoms with Gasteiger partial charge in [-0.1, -0.05) is 62.4 Å². The minimum absolute atomic E-state index is 0.000262. The molecular weight excluding hydrogens is 480 g/mol. The van der Waals surface area contributed by atoms with Gasteiger partial charge in [-0.05, 0) is 48.7 Å². The highest BCUT2D eigenvalue weighted by Crippen LogP contribution is 2.45. The maximum atomic E-state index is 6.18. The molecule has 0 fully saturated rings. The largest absolute Gasteiger partial charge is 0.487 e. The van der Waals surface area contributed by atoms with E-state index in [9.17, 15) is 0 Å². The molecule has 7 nitrogen and oxygen atoms in total. The lowest BCUT2D eigenvalue weighted by atomic mass is 9.95. The van der Waals surface area contributed by atoms with Crippen LogP contribution in [-0.4, -0.2) is 34.9 Å². The van der Waals surface area contributed by atoms with Crippen molar-refractivity contribution >= 4 is 22.7 Å². The Morgan fingerprint density at radius 2 is 1.86 bits per heavy atom. The van der Waals surface area contributed by atoms with E-state index >= 15 is 0 Å². The summed E-state index contributed by atoms with van der Waals surface area (Å²) in [5, 5.41) is 16.6. The normalized spacial score (nSPS) is 12.7. The van der Waals surface area contributed by atoms with Crippen LogP contribution in [0.1, 0.15) is 55.0 Å². The fourth-order valence-corrected chi connectivity index (χ4v) is 5.79. The predicted octanol–water partition coefficient (Wildman–Crippen LogP) is 6.24. The molecule has 0 saturated heterocycles. The highest BCUT2D eigenvalue weighted by molar-refractivity contribution is 8.00. The third-order valence-corrected chi connectivity index (χ3v) is 7.47. The van der Waals surface area contributed by atoms with Crippen molar-refractivity contribution in [2.75, 3.05) is 0 Å². The van der Waals surface area contributed by atoms with E-state index in [0.29, 0.717) is 12.4 Å². The van der Waals surface area contributed by atoms with Crippen LogP contribution in [0.4, 0.5) is 0 Å². The summed E-state index contributed by atoms with van der Waals surface area (Å²) in [4.78, 5) is 5.69. The molecule has 3 heterocycles. The summed E-state index contributed by atoms with van der Waals surface area (Å²) in [5.74, 6) is 1.44. The van der Waals surface area contributed by atoms with Crippen LogP contribution < -0.4 is 4.74 Å². The van der Waals surface area contributed by atoms with Crippen molar-refractivity contribution in [3.8, 4) is 5.75 Å². The lowest BCUT2D eigenvalue weighted by Crippen LogP contribution is -2.14. The van der Waals surface area contributed by atoms with Gasteiger partial charge in [0.1, 0.15) is 12.4 Å². The molecule has 8 heteroatoms. The number of fused-ring (bicyclic) bond motifs is 1. The van der Waals surface area contributed by atoms with Crippen LogP contribution in [-0.2, 0) is 20.1 Å². The number of H-pyrrole nitrogens is 1. The first-order chi connectivity index (χ1) is 17.8. The number of nitrogens with one attached hydrogen (secondary N) is 1. The van der Waals surface area contributed by atoms with Crippen LogP contribution in [0.5, 0.6) is 5.75 Å². The van der Waals surface area contributed by atoms with Crippen molar-refractivity contribution in [3.05, 3.63) is 95.2 Å². The Labute approximate surface area is 221 Å². The molecule has 2 aromatic carbocycles. The number of thioether (sulfide) groups is 1. The maximum Gasteiger partial charge on any atom is 0.183 e. The minimum atomic E-state index is -0.0653. The molecule has 1 N–H and O–H groups in total. The number of rotatable bonds is 8. The average Bonchev–Trinajstić information content (AvgIpc) is 3.50. The molecule has 0 aliphatic carbocycles. The van der Waals surface area contributed by atoms with Crippen LogP contribution >= 0.6 is 11.8 Å². The van der Waals surface area contributed by atoms with E-state index in [1.54, 1.807) is 0 Å². The van der Waals surface area contributed by atoms with Gasteiger partial charge in [0, 0.05) is 39.5 Å². The molecule has 0 bridgehead atoms. The van der Waals surface area contributed by atoms with Crippen molar-refractivity contribution in [3.63, 3.8) is 0 Å². The zero-order valence-electron chi connectivity index (χ0n) is 21.9. The van der Waals surface area contributed by atoms with E-state index in [1.807, 2.05) is 43.1 Å². The second-order valence-electron chi connectivity index (χ2n) is 10.3. The topological polar surface area (TPSA) is 81.5 Å². The molecule has 0 radical (unpaired) electrons. The number of tetrazole rings is 1. The lowest BCUT2D eigenvalue weighted by Gasteiger charge is -2.22. The second kappa shape index (κ2) is 10.4. The lowest BCUT2D eigenvalue weighted by molar-refractivity contribution is 0.301. The van der Waals surface area contributed by atoms with E-state index in [0.717, 1.165) is 34.3 Å². The molecular formula is C29H32N6OS. The van der Waals surface area contributed by atoms with Gasteiger partial charge in [-0.15, -0.1) is 22.0 Å². The van der Waals surface area contributed by atoms with Crippen molar-refractivity contribution < 1.29 is 4.74 Å². The first kappa shape index (κ1) is 25.0. The van der Waals surface area contributed by atoms with E-state index in [4.69, 9.17) is 4.74 Å². The Balaban J connectivity index is 1.59. The van der Waals surface area contributed by atoms with Crippen LogP contribution in [0.3, 0.4) is 0 Å². The van der Waals surface area contributed by atoms with Gasteiger partial charge in [0.15, 0.2) is 5.82 Å². The van der Waals surface area contributed by atoms with E-state index in [1.165, 1.54) is 16.2 Å². The van der Waals surface area contributed by atoms with Gasteiger partial charge in [-0.2, -0.15) is 5.21 Å². The Kier molecular flexibility index (Phi) is 7.02. The predicted molar refractivity (Wildman–Crippen MR) is 148 cm³/mol. The molecule has 1 unspecified atom stereocenters. The molecule has 37 heavy (non-hydrogen) atoms. The summed E-state index contributed by atoms with van der Waals surface area (Å²) in [6.45, 7) is 9.18. The number of nitrogens with zero attached hydrogens (tertiary/aromatic N) is 5. The van der Waals surface area contributed by atoms with Gasteiger partial charge in [-0.25, -0.2) is 0 Å². The number of aromatic nitrogens is 6. The summed E-state index contributed by atoms with van der Waals surface area (Å²) in [7, 11) is 2.12. The first-order valence-corrected chi connectivity index (χ1v) is 13.2. The molecule has 1 atom stereocenters. The zero-order valence-corrected chi connectivity index (χ0v) is 22.7. The number of hydrogen-bond acceptors (Lipinski definition) is 6. The average molecular weight is 513 g/mol. The fourth-order valence-electron chi connectivity index (χ4n) is 4.52. The quantitative estimate of drug-likeness (QED) is 0.248. The third-order valence-electron chi connectivity index (χ3n) is 6.22. The maximum absolute atomic E-state index is 6.18. The summed E-state index contributed by atoms with van der Waals surface area (Å²) < 4.78 is 8.46. The smallest absolute Gasteiger partial charge is 0.183 e. The number of ether oxygens (including phenoxy) is 1. The van der Waals surface area contributed by atoms with E-state index in [-0.39, 0.29) is 10.7 Å². The van der Waals surface area contributed by atoms with Crippen molar-refractivity contribution in [1.29, 1.82) is 0 Å². The van der Waals surface area contributed by atoms with Crippen molar-refractivity contribution in [1.82, 2.24) is 30.2 Å². The second-order valence-corrected chi connectivity index (χ2v) is 12.1. The highest BCUT2D eigenvalue weighted by atomic mass is 32.2. The molecule has 0 amide bonds. The van der Waals surface area contributed by atoms with Crippen LogP contribution in [0.25, 0.3) is 10.9 Å². The van der Waals surface area contributed by atoms with Gasteiger partial charge < -0.3 is 9.30 Å². The highest BCUT2D eigenvalue weighted by Gasteiger charge is 2.30. The summed E-state index contributed by atoms with van der Waals surface area (Å²) in [6.07, 6.45) is 2.64. The standard InChI is InChI=1S/C29H32N6OS/c1-19-11-12-21(30-17-19)18-36-22-13-14-25-23(16-22)27(37-29(2,3)4)26(35(25)5)24(28-31-33-34-32-28)15-20-9-7-6-8-10-20/h6-14,16-17,24H,15,18H2,1-5H3,(H,31,32,33,34). The SMILES string of the molecule is Cc1ccc(COc2ccc3c(c2)c(SC(C)(C)C)c(C(Cc2ccccc2)c2nn[nH]n2)n3C)nc1. The molecule has 5 aromatic rings. The van der Waals surface area contributed by atoms with Gasteiger partial charge >= 0.3 is 0 Å². The summed E-state index contributed by atoms with van der Waals surface area (Å²) in [5.41, 5.74) is 5.59. The van der Waals surface area contributed by atoms with Gasteiger partial charge in [0.25, 0.3) is 0 Å². The van der Waals surface area contributed by atoms with Crippen LogP contribution in [0, 0.1) is 6.92 Å². The van der Waals surface area contributed by atoms with Gasteiger partial charge in [-0.3, -0.25) is 4.98 Å². The summed E-state index contributed by atoms with van der Waals surface area (Å²) in [6, 6.07) is 20.9. The minimum Gasteiger partial charge on any atom is -0.487 e. The molecule has 0 saturated carbocycles. The number of aromatic amines is 1. The molecule has 0 aliphatic rings.